The number of aryl methyl sites for hydroxylation is 1. The van der Waals surface area contributed by atoms with Crippen LogP contribution in [-0.2, 0) is 12.2 Å². The zero-order valence-corrected chi connectivity index (χ0v) is 18.5. The van der Waals surface area contributed by atoms with Crippen molar-refractivity contribution in [1.82, 2.24) is 14.9 Å². The van der Waals surface area contributed by atoms with Crippen LogP contribution >= 0.6 is 39.5 Å². The number of halogens is 1. The third-order valence-electron chi connectivity index (χ3n) is 3.87. The second-order valence-corrected chi connectivity index (χ2v) is 8.63. The molecule has 1 aromatic heterocycles. The number of nitrogens with zero attached hydrogens (tertiary/aromatic N) is 4. The molecule has 0 atom stereocenters. The second kappa shape index (κ2) is 10.1. The average Bonchev–Trinajstić information content (AvgIpc) is 3.08. The van der Waals surface area contributed by atoms with Crippen LogP contribution in [0.5, 0.6) is 0 Å². The van der Waals surface area contributed by atoms with E-state index in [0.717, 1.165) is 39.6 Å². The summed E-state index contributed by atoms with van der Waals surface area (Å²) in [6, 6.07) is 16.7. The van der Waals surface area contributed by atoms with Gasteiger partial charge in [0.25, 0.3) is 0 Å². The quantitative estimate of drug-likeness (QED) is 0.310. The summed E-state index contributed by atoms with van der Waals surface area (Å²) in [5, 5.41) is 14.2. The molecule has 27 heavy (non-hydrogen) atoms. The van der Waals surface area contributed by atoms with Gasteiger partial charge in [-0.25, -0.2) is 0 Å². The average molecular weight is 461 g/mol. The Labute approximate surface area is 177 Å². The zero-order valence-electron chi connectivity index (χ0n) is 15.3. The fourth-order valence-corrected chi connectivity index (χ4v) is 3.96. The Bertz CT molecular complexity index is 889. The van der Waals surface area contributed by atoms with E-state index in [1.807, 2.05) is 10.9 Å². The second-order valence-electron chi connectivity index (χ2n) is 5.89. The molecular formula is C20H21BrN4S2. The van der Waals surface area contributed by atoms with Crippen LogP contribution in [0.2, 0.25) is 0 Å². The smallest absolute Gasteiger partial charge is 0.191 e. The van der Waals surface area contributed by atoms with E-state index in [0.29, 0.717) is 0 Å². The Morgan fingerprint density at radius 1 is 1.07 bits per heavy atom. The summed E-state index contributed by atoms with van der Waals surface area (Å²) >= 11 is 6.86. The minimum absolute atomic E-state index is 0.818. The Morgan fingerprint density at radius 2 is 1.81 bits per heavy atom. The lowest BCUT2D eigenvalue weighted by Crippen LogP contribution is -2.00. The molecule has 4 nitrogen and oxygen atoms in total. The number of aromatic nitrogens is 3. The summed E-state index contributed by atoms with van der Waals surface area (Å²) in [6.07, 6.45) is 5.81. The SMILES string of the molecule is CCCc1nnc(SCc2ccc(Br)cc2)n1/N=C\c1ccc(SC)cc1. The molecule has 0 aliphatic rings. The third-order valence-corrected chi connectivity index (χ3v) is 6.13. The van der Waals surface area contributed by atoms with Crippen molar-refractivity contribution in [2.24, 2.45) is 5.10 Å². The van der Waals surface area contributed by atoms with Gasteiger partial charge >= 0.3 is 0 Å². The maximum absolute atomic E-state index is 4.67. The molecule has 3 rings (SSSR count). The van der Waals surface area contributed by atoms with Crippen LogP contribution in [-0.4, -0.2) is 27.3 Å². The molecule has 0 unspecified atom stereocenters. The van der Waals surface area contributed by atoms with E-state index in [1.54, 1.807) is 23.5 Å². The van der Waals surface area contributed by atoms with Gasteiger partial charge in [0.05, 0.1) is 6.21 Å². The van der Waals surface area contributed by atoms with Crippen molar-refractivity contribution in [3.8, 4) is 0 Å². The molecule has 140 valence electrons. The van der Waals surface area contributed by atoms with Gasteiger partial charge in [0, 0.05) is 21.5 Å². The first-order valence-corrected chi connectivity index (χ1v) is 11.7. The molecule has 7 heteroatoms. The number of benzene rings is 2. The van der Waals surface area contributed by atoms with Crippen molar-refractivity contribution in [2.75, 3.05) is 6.26 Å². The van der Waals surface area contributed by atoms with Crippen LogP contribution in [0.3, 0.4) is 0 Å². The molecule has 0 aliphatic carbocycles. The summed E-state index contributed by atoms with van der Waals surface area (Å²) in [7, 11) is 0. The van der Waals surface area contributed by atoms with Crippen LogP contribution < -0.4 is 0 Å². The number of hydrogen-bond donors (Lipinski definition) is 0. The van der Waals surface area contributed by atoms with E-state index >= 15 is 0 Å². The van der Waals surface area contributed by atoms with Crippen LogP contribution in [0, 0.1) is 0 Å². The number of thioether (sulfide) groups is 2. The van der Waals surface area contributed by atoms with Crippen molar-refractivity contribution in [2.45, 2.75) is 35.6 Å². The first kappa shape index (κ1) is 20.2. The molecule has 0 saturated heterocycles. The zero-order chi connectivity index (χ0) is 19.1. The van der Waals surface area contributed by atoms with Crippen LogP contribution in [0.15, 0.2) is 68.2 Å². The van der Waals surface area contributed by atoms with Gasteiger partial charge in [-0.3, -0.25) is 0 Å². The highest BCUT2D eigenvalue weighted by molar-refractivity contribution is 9.10. The van der Waals surface area contributed by atoms with Crippen molar-refractivity contribution in [1.29, 1.82) is 0 Å². The molecule has 0 amide bonds. The van der Waals surface area contributed by atoms with Gasteiger partial charge in [-0.05, 0) is 48.1 Å². The summed E-state index contributed by atoms with van der Waals surface area (Å²) in [4.78, 5) is 1.24. The van der Waals surface area contributed by atoms with Gasteiger partial charge in [0.2, 0.25) is 5.16 Å². The molecule has 1 heterocycles. The van der Waals surface area contributed by atoms with Crippen molar-refractivity contribution in [3.05, 3.63) is 70.0 Å². The summed E-state index contributed by atoms with van der Waals surface area (Å²) in [5.74, 6) is 1.72. The van der Waals surface area contributed by atoms with Gasteiger partial charge in [-0.2, -0.15) is 9.78 Å². The predicted molar refractivity (Wildman–Crippen MR) is 119 cm³/mol. The Balaban J connectivity index is 1.77. The van der Waals surface area contributed by atoms with Crippen molar-refractivity contribution in [3.63, 3.8) is 0 Å². The molecule has 3 aromatic rings. The highest BCUT2D eigenvalue weighted by atomic mass is 79.9. The standard InChI is InChI=1S/C20H21BrN4S2/c1-3-4-19-23-24-20(27-14-16-5-9-17(21)10-6-16)25(19)22-13-15-7-11-18(26-2)12-8-15/h5-13H,3-4,14H2,1-2H3/b22-13-. The van der Waals surface area contributed by atoms with Gasteiger partial charge in [-0.15, -0.1) is 22.0 Å². The van der Waals surface area contributed by atoms with E-state index < -0.39 is 0 Å². The maximum atomic E-state index is 4.67. The van der Waals surface area contributed by atoms with Crippen LogP contribution in [0.25, 0.3) is 0 Å². The molecule has 0 spiro atoms. The van der Waals surface area contributed by atoms with Crippen molar-refractivity contribution >= 4 is 45.7 Å². The highest BCUT2D eigenvalue weighted by Gasteiger charge is 2.11. The minimum Gasteiger partial charge on any atom is -0.191 e. The van der Waals surface area contributed by atoms with Gasteiger partial charge in [0.15, 0.2) is 5.82 Å². The minimum atomic E-state index is 0.818. The molecule has 0 N–H and O–H groups in total. The summed E-state index contributed by atoms with van der Waals surface area (Å²) < 4.78 is 2.96. The first-order valence-electron chi connectivity index (χ1n) is 8.69. The molecule has 0 radical (unpaired) electrons. The molecule has 2 aromatic carbocycles. The van der Waals surface area contributed by atoms with Crippen molar-refractivity contribution < 1.29 is 0 Å². The number of hydrogen-bond acceptors (Lipinski definition) is 5. The van der Waals surface area contributed by atoms with E-state index in [2.05, 4.69) is 92.9 Å². The Hall–Kier alpha value is -1.57. The normalized spacial score (nSPS) is 11.4. The molecule has 0 bridgehead atoms. The van der Waals surface area contributed by atoms with E-state index in [9.17, 15) is 0 Å². The highest BCUT2D eigenvalue weighted by Crippen LogP contribution is 2.23. The van der Waals surface area contributed by atoms with Crippen LogP contribution in [0.1, 0.15) is 30.3 Å². The van der Waals surface area contributed by atoms with E-state index in [-0.39, 0.29) is 0 Å². The topological polar surface area (TPSA) is 43.1 Å². The Morgan fingerprint density at radius 3 is 2.48 bits per heavy atom. The van der Waals surface area contributed by atoms with Gasteiger partial charge in [-0.1, -0.05) is 58.9 Å². The summed E-state index contributed by atoms with van der Waals surface area (Å²) in [5.41, 5.74) is 2.30. The lowest BCUT2D eigenvalue weighted by atomic mass is 10.2. The van der Waals surface area contributed by atoms with Crippen LogP contribution in [0.4, 0.5) is 0 Å². The number of rotatable bonds is 8. The maximum Gasteiger partial charge on any atom is 0.212 e. The summed E-state index contributed by atoms with van der Waals surface area (Å²) in [6.45, 7) is 2.14. The fourth-order valence-electron chi connectivity index (χ4n) is 2.42. The molecule has 0 fully saturated rings. The third kappa shape index (κ3) is 5.70. The lowest BCUT2D eigenvalue weighted by molar-refractivity contribution is 0.700. The monoisotopic (exact) mass is 460 g/mol. The molecular weight excluding hydrogens is 440 g/mol. The van der Waals surface area contributed by atoms with E-state index in [4.69, 9.17) is 0 Å². The van der Waals surface area contributed by atoms with Gasteiger partial charge in [0.1, 0.15) is 0 Å². The Kier molecular flexibility index (Phi) is 7.55. The van der Waals surface area contributed by atoms with E-state index in [1.165, 1.54) is 10.5 Å². The molecule has 0 saturated carbocycles. The largest absolute Gasteiger partial charge is 0.212 e. The van der Waals surface area contributed by atoms with Gasteiger partial charge < -0.3 is 0 Å². The first-order chi connectivity index (χ1) is 13.2. The fraction of sp³-hybridized carbons (Fsp3) is 0.250. The predicted octanol–water partition coefficient (Wildman–Crippen LogP) is 5.89. The lowest BCUT2D eigenvalue weighted by Gasteiger charge is -2.04. The molecule has 0 aliphatic heterocycles.